The van der Waals surface area contributed by atoms with Crippen LogP contribution in [0.1, 0.15) is 34.1 Å². The van der Waals surface area contributed by atoms with Gasteiger partial charge in [-0.25, -0.2) is 0 Å². The van der Waals surface area contributed by atoms with Crippen LogP contribution >= 0.6 is 0 Å². The Kier molecular flexibility index (Phi) is 31.1. The number of hydrogen-bond donors (Lipinski definition) is 0. The van der Waals surface area contributed by atoms with Crippen LogP contribution in [0, 0.1) is 12.8 Å². The summed E-state index contributed by atoms with van der Waals surface area (Å²) >= 11 is 0. The average molecular weight is 125 g/mol. The van der Waals surface area contributed by atoms with Crippen molar-refractivity contribution in [3.63, 3.8) is 0 Å². The minimum atomic E-state index is 0. The van der Waals surface area contributed by atoms with Crippen molar-refractivity contribution in [3.05, 3.63) is 12.8 Å². The molecule has 0 N–H and O–H groups in total. The Morgan fingerprint density at radius 3 is 1.25 bits per heavy atom. The van der Waals surface area contributed by atoms with E-state index in [-0.39, 0.29) is 23.1 Å². The van der Waals surface area contributed by atoms with Gasteiger partial charge < -0.3 is 12.8 Å². The fraction of sp³-hybridized carbons (Fsp3) is 0.714. The molecule has 0 heterocycles. The van der Waals surface area contributed by atoms with Gasteiger partial charge in [0.05, 0.1) is 0 Å². The molecule has 0 radical (unpaired) electrons. The van der Waals surface area contributed by atoms with Crippen molar-refractivity contribution in [2.75, 3.05) is 0 Å². The first-order chi connectivity index (χ1) is 3.15. The Hall–Kier alpha value is 0.766. The van der Waals surface area contributed by atoms with Crippen molar-refractivity contribution >= 4 is 23.1 Å². The molecule has 0 aliphatic carbocycles. The van der Waals surface area contributed by atoms with Crippen LogP contribution in [0.25, 0.3) is 0 Å². The normalized spacial score (nSPS) is 6.75. The third kappa shape index (κ3) is 383. The molecule has 0 aliphatic heterocycles. The Bertz CT molecular complexity index is 15.6. The average Bonchev–Trinajstić information content (AvgIpc) is 1.33. The van der Waals surface area contributed by atoms with Gasteiger partial charge in [-0.2, -0.15) is 27.2 Å². The van der Waals surface area contributed by atoms with Gasteiger partial charge in [-0.1, -0.05) is 6.92 Å². The first-order valence-electron chi connectivity index (χ1n) is 2.71. The van der Waals surface area contributed by atoms with Gasteiger partial charge in [-0.15, -0.1) is 0 Å². The molecule has 0 rings (SSSR count). The van der Waals surface area contributed by atoms with Gasteiger partial charge in [-0.3, -0.25) is 0 Å². The van der Waals surface area contributed by atoms with Crippen LogP contribution in [0.2, 0.25) is 0 Å². The second-order valence-electron chi connectivity index (χ2n) is 2.00. The summed E-state index contributed by atoms with van der Waals surface area (Å²) in [6.45, 7) is 11.8. The molecule has 0 aromatic carbocycles. The predicted octanol–water partition coefficient (Wildman–Crippen LogP) is 2.47. The van der Waals surface area contributed by atoms with Crippen LogP contribution in [-0.2, 0) is 0 Å². The summed E-state index contributed by atoms with van der Waals surface area (Å²) < 4.78 is 0. The molecule has 0 saturated carbocycles. The maximum Gasteiger partial charge on any atom is 2.00 e. The molecule has 0 spiro atoms. The molecule has 0 atom stereocenters. The van der Waals surface area contributed by atoms with Gasteiger partial charge in [0.25, 0.3) is 0 Å². The van der Waals surface area contributed by atoms with E-state index in [4.69, 9.17) is 0 Å². The first kappa shape index (κ1) is 15.9. The summed E-state index contributed by atoms with van der Waals surface area (Å²) in [4.78, 5) is 0. The SMILES string of the molecule is C[C-](C)C.[CH2-]CC.[Mg+2]. The largest absolute Gasteiger partial charge is 2.00 e. The molecule has 0 nitrogen and oxygen atoms in total. The predicted molar refractivity (Wildman–Crippen MR) is 41.7 cm³/mol. The summed E-state index contributed by atoms with van der Waals surface area (Å²) in [5.41, 5.74) is 0. The van der Waals surface area contributed by atoms with Crippen LogP contribution in [0.4, 0.5) is 0 Å². The van der Waals surface area contributed by atoms with E-state index in [1.165, 1.54) is 5.92 Å². The molecule has 0 unspecified atom stereocenters. The van der Waals surface area contributed by atoms with Crippen LogP contribution in [-0.4, -0.2) is 23.1 Å². The standard InChI is InChI=1S/C4H9.C3H7.Mg/c1-4(2)3;1-3-2;/h1-3H3;1,3H2,2H3;/q2*-1;+2. The zero-order valence-electron chi connectivity index (χ0n) is 6.62. The molecule has 1 heteroatoms. The zero-order chi connectivity index (χ0) is 6.28. The summed E-state index contributed by atoms with van der Waals surface area (Å²) in [6, 6.07) is 0. The number of rotatable bonds is 0. The van der Waals surface area contributed by atoms with Gasteiger partial charge in [-0.05, 0) is 0 Å². The van der Waals surface area contributed by atoms with E-state index in [0.29, 0.717) is 0 Å². The van der Waals surface area contributed by atoms with Crippen molar-refractivity contribution in [2.45, 2.75) is 34.1 Å². The fourth-order valence-corrected chi connectivity index (χ4v) is 0. The molecule has 0 amide bonds. The second kappa shape index (κ2) is 15.7. The molecule has 0 bridgehead atoms. The first-order valence-corrected chi connectivity index (χ1v) is 2.71. The van der Waals surface area contributed by atoms with Gasteiger partial charge in [0.15, 0.2) is 0 Å². The quantitative estimate of drug-likeness (QED) is 0.344. The Morgan fingerprint density at radius 1 is 1.25 bits per heavy atom. The van der Waals surface area contributed by atoms with E-state index in [1.54, 1.807) is 0 Å². The molecule has 0 aliphatic rings. The van der Waals surface area contributed by atoms with Crippen LogP contribution in [0.15, 0.2) is 0 Å². The Morgan fingerprint density at radius 2 is 1.25 bits per heavy atom. The van der Waals surface area contributed by atoms with Gasteiger partial charge in [0.2, 0.25) is 0 Å². The van der Waals surface area contributed by atoms with Crippen molar-refractivity contribution in [1.29, 1.82) is 0 Å². The summed E-state index contributed by atoms with van der Waals surface area (Å²) in [6.07, 6.45) is 1.00. The summed E-state index contributed by atoms with van der Waals surface area (Å²) in [7, 11) is 0. The van der Waals surface area contributed by atoms with E-state index in [0.717, 1.165) is 6.42 Å². The van der Waals surface area contributed by atoms with Crippen LogP contribution in [0.3, 0.4) is 0 Å². The zero-order valence-corrected chi connectivity index (χ0v) is 8.04. The third-order valence-corrected chi connectivity index (χ3v) is 0. The van der Waals surface area contributed by atoms with E-state index in [1.807, 2.05) is 6.92 Å². The van der Waals surface area contributed by atoms with Crippen molar-refractivity contribution in [2.24, 2.45) is 0 Å². The maximum atomic E-state index is 3.49. The Labute approximate surface area is 70.2 Å². The van der Waals surface area contributed by atoms with E-state index < -0.39 is 0 Å². The molecule has 0 aromatic heterocycles. The monoisotopic (exact) mass is 124 g/mol. The topological polar surface area (TPSA) is 0 Å². The van der Waals surface area contributed by atoms with E-state index in [9.17, 15) is 0 Å². The smallest absolute Gasteiger partial charge is 0.344 e. The van der Waals surface area contributed by atoms with Gasteiger partial charge in [0.1, 0.15) is 0 Å². The maximum absolute atomic E-state index is 3.49. The minimum Gasteiger partial charge on any atom is -0.344 e. The third-order valence-electron chi connectivity index (χ3n) is 0. The van der Waals surface area contributed by atoms with E-state index in [2.05, 4.69) is 27.7 Å². The van der Waals surface area contributed by atoms with E-state index >= 15 is 0 Å². The summed E-state index contributed by atoms with van der Waals surface area (Å²) in [5.74, 6) is 1.42. The van der Waals surface area contributed by atoms with Gasteiger partial charge >= 0.3 is 23.1 Å². The molecular formula is C7H16Mg. The van der Waals surface area contributed by atoms with Crippen molar-refractivity contribution < 1.29 is 0 Å². The van der Waals surface area contributed by atoms with Gasteiger partial charge in [0, 0.05) is 0 Å². The van der Waals surface area contributed by atoms with Crippen molar-refractivity contribution in [3.8, 4) is 0 Å². The second-order valence-corrected chi connectivity index (χ2v) is 2.00. The number of hydrogen-bond acceptors (Lipinski definition) is 0. The molecule has 0 aromatic rings. The fourth-order valence-electron chi connectivity index (χ4n) is 0. The van der Waals surface area contributed by atoms with Crippen LogP contribution < -0.4 is 0 Å². The molecule has 46 valence electrons. The molecular weight excluding hydrogens is 108 g/mol. The molecule has 0 saturated heterocycles. The molecule has 8 heavy (non-hydrogen) atoms. The summed E-state index contributed by atoms with van der Waals surface area (Å²) in [5, 5.41) is 0. The van der Waals surface area contributed by atoms with Crippen molar-refractivity contribution in [1.82, 2.24) is 0 Å². The minimum absolute atomic E-state index is 0. The Balaban J connectivity index is -0.0000000575. The molecule has 0 fully saturated rings. The van der Waals surface area contributed by atoms with Crippen LogP contribution in [0.5, 0.6) is 0 Å².